The molecule has 0 radical (unpaired) electrons. The van der Waals surface area contributed by atoms with Gasteiger partial charge in [0.15, 0.2) is 0 Å². The fourth-order valence-electron chi connectivity index (χ4n) is 6.15. The molecule has 1 N–H and O–H groups in total. The lowest BCUT2D eigenvalue weighted by atomic mass is 9.56. The maximum absolute atomic E-state index is 12.8. The highest BCUT2D eigenvalue weighted by molar-refractivity contribution is 5.92. The van der Waals surface area contributed by atoms with Crippen LogP contribution in [0.3, 0.4) is 0 Å². The van der Waals surface area contributed by atoms with Gasteiger partial charge in [0.1, 0.15) is 17.1 Å². The van der Waals surface area contributed by atoms with E-state index in [0.29, 0.717) is 17.2 Å². The van der Waals surface area contributed by atoms with Gasteiger partial charge in [-0.1, -0.05) is 13.8 Å². The van der Waals surface area contributed by atoms with Crippen molar-refractivity contribution in [2.75, 3.05) is 0 Å². The number of carboxylic acids is 1. The molecule has 2 saturated carbocycles. The highest BCUT2D eigenvalue weighted by Crippen LogP contribution is 2.73. The van der Waals surface area contributed by atoms with Crippen molar-refractivity contribution < 1.29 is 24.2 Å². The third-order valence-corrected chi connectivity index (χ3v) is 8.11. The van der Waals surface area contributed by atoms with E-state index in [2.05, 4.69) is 20.8 Å². The summed E-state index contributed by atoms with van der Waals surface area (Å²) in [4.78, 5) is 23.7. The number of carbonyl (C=O) groups is 2. The Balaban J connectivity index is 1.46. The van der Waals surface area contributed by atoms with E-state index in [0.717, 1.165) is 17.7 Å². The summed E-state index contributed by atoms with van der Waals surface area (Å²) in [6, 6.07) is 11.4. The number of rotatable bonds is 3. The van der Waals surface area contributed by atoms with Gasteiger partial charge >= 0.3 is 11.9 Å². The van der Waals surface area contributed by atoms with Gasteiger partial charge in [-0.15, -0.1) is 0 Å². The summed E-state index contributed by atoms with van der Waals surface area (Å²) >= 11 is 0. The van der Waals surface area contributed by atoms with Crippen molar-refractivity contribution in [2.24, 2.45) is 11.3 Å². The van der Waals surface area contributed by atoms with Crippen LogP contribution in [0.1, 0.15) is 66.3 Å². The Morgan fingerprint density at radius 2 is 1.76 bits per heavy atom. The Labute approximate surface area is 169 Å². The first-order chi connectivity index (χ1) is 13.7. The van der Waals surface area contributed by atoms with Crippen molar-refractivity contribution in [3.05, 3.63) is 59.2 Å². The maximum Gasteiger partial charge on any atom is 0.343 e. The summed E-state index contributed by atoms with van der Waals surface area (Å²) in [6.07, 6.45) is 3.53. The predicted molar refractivity (Wildman–Crippen MR) is 107 cm³/mol. The molecule has 2 aliphatic carbocycles. The third kappa shape index (κ3) is 2.21. The van der Waals surface area contributed by atoms with Gasteiger partial charge in [0.25, 0.3) is 0 Å². The second-order valence-corrected chi connectivity index (χ2v) is 9.26. The highest BCUT2D eigenvalue weighted by atomic mass is 16.5. The maximum atomic E-state index is 12.8. The van der Waals surface area contributed by atoms with Crippen molar-refractivity contribution in [3.63, 3.8) is 0 Å². The molecule has 2 fully saturated rings. The molecule has 0 spiro atoms. The molecule has 3 aliphatic rings. The quantitative estimate of drug-likeness (QED) is 0.598. The minimum Gasteiger partial charge on any atom is -0.486 e. The molecule has 2 bridgehead atoms. The molecule has 5 rings (SSSR count). The second-order valence-electron chi connectivity index (χ2n) is 9.26. The fourth-order valence-corrected chi connectivity index (χ4v) is 6.15. The van der Waals surface area contributed by atoms with Crippen molar-refractivity contribution in [3.8, 4) is 11.5 Å². The molecule has 0 saturated heterocycles. The second kappa shape index (κ2) is 5.62. The van der Waals surface area contributed by atoms with Crippen LogP contribution in [0.5, 0.6) is 11.5 Å². The number of ether oxygens (including phenoxy) is 2. The normalized spacial score (nSPS) is 33.7. The van der Waals surface area contributed by atoms with E-state index >= 15 is 0 Å². The van der Waals surface area contributed by atoms with Gasteiger partial charge in [-0.2, -0.15) is 0 Å². The molecule has 2 aromatic carbocycles. The lowest BCUT2D eigenvalue weighted by Crippen LogP contribution is -2.54. The van der Waals surface area contributed by atoms with Crippen LogP contribution in [0.15, 0.2) is 42.5 Å². The van der Waals surface area contributed by atoms with Gasteiger partial charge in [0, 0.05) is 11.0 Å². The first-order valence-corrected chi connectivity index (χ1v) is 10.1. The molecule has 1 aliphatic heterocycles. The standard InChI is InChI=1S/C24H24O5/c1-22-11-10-16(13-22)24(3)23(22,2)18-12-15(6-9-19(18)29-24)21(27)28-17-7-4-14(5-8-17)20(25)26/h4-9,12,16H,10-11,13H2,1-3H3,(H,25,26). The minimum absolute atomic E-state index is 0.141. The number of aromatic carboxylic acids is 1. The number of benzene rings is 2. The largest absolute Gasteiger partial charge is 0.486 e. The molecule has 4 atom stereocenters. The van der Waals surface area contributed by atoms with Crippen molar-refractivity contribution in [1.29, 1.82) is 0 Å². The molecule has 2 aromatic rings. The lowest BCUT2D eigenvalue weighted by molar-refractivity contribution is -0.0260. The zero-order valence-corrected chi connectivity index (χ0v) is 16.8. The zero-order valence-electron chi connectivity index (χ0n) is 16.8. The Bertz CT molecular complexity index is 1040. The molecule has 4 unspecified atom stereocenters. The molecular formula is C24H24O5. The SMILES string of the molecule is CC12CCC(C1)C1(C)Oc3ccc(C(=O)Oc4ccc(C(=O)O)cc4)cc3C21C. The van der Waals surface area contributed by atoms with Crippen molar-refractivity contribution >= 4 is 11.9 Å². The van der Waals surface area contributed by atoms with E-state index in [1.165, 1.54) is 37.1 Å². The van der Waals surface area contributed by atoms with Crippen LogP contribution in [0.25, 0.3) is 0 Å². The first-order valence-electron chi connectivity index (χ1n) is 10.1. The molecule has 5 nitrogen and oxygen atoms in total. The molecule has 0 aromatic heterocycles. The van der Waals surface area contributed by atoms with E-state index in [4.69, 9.17) is 14.6 Å². The Hall–Kier alpha value is -2.82. The van der Waals surface area contributed by atoms with Gasteiger partial charge < -0.3 is 14.6 Å². The summed E-state index contributed by atoms with van der Waals surface area (Å²) < 4.78 is 12.0. The Morgan fingerprint density at radius 1 is 1.07 bits per heavy atom. The molecule has 1 heterocycles. The fraction of sp³-hybridized carbons (Fsp3) is 0.417. The topological polar surface area (TPSA) is 72.8 Å². The summed E-state index contributed by atoms with van der Waals surface area (Å²) in [5, 5.41) is 8.99. The van der Waals surface area contributed by atoms with Crippen molar-refractivity contribution in [1.82, 2.24) is 0 Å². The first kappa shape index (κ1) is 18.2. The molecular weight excluding hydrogens is 368 g/mol. The molecule has 29 heavy (non-hydrogen) atoms. The number of carboxylic acid groups (broad SMARTS) is 1. The summed E-state index contributed by atoms with van der Waals surface area (Å²) in [7, 11) is 0. The van der Waals surface area contributed by atoms with E-state index in [1.807, 2.05) is 12.1 Å². The summed E-state index contributed by atoms with van der Waals surface area (Å²) in [5.41, 5.74) is 1.50. The van der Waals surface area contributed by atoms with Gasteiger partial charge in [0.05, 0.1) is 11.1 Å². The van der Waals surface area contributed by atoms with Gasteiger partial charge in [-0.25, -0.2) is 9.59 Å². The zero-order chi connectivity index (χ0) is 20.6. The number of carbonyl (C=O) groups excluding carboxylic acids is 1. The predicted octanol–water partition coefficient (Wildman–Crippen LogP) is 4.83. The molecule has 150 valence electrons. The van der Waals surface area contributed by atoms with Gasteiger partial charge in [-0.3, -0.25) is 0 Å². The van der Waals surface area contributed by atoms with E-state index < -0.39 is 11.9 Å². The molecule has 5 heteroatoms. The van der Waals surface area contributed by atoms with E-state index in [9.17, 15) is 9.59 Å². The van der Waals surface area contributed by atoms with E-state index in [1.54, 1.807) is 6.07 Å². The molecule has 0 amide bonds. The summed E-state index contributed by atoms with van der Waals surface area (Å²) in [5.74, 6) is 0.251. The average molecular weight is 392 g/mol. The van der Waals surface area contributed by atoms with Crippen LogP contribution < -0.4 is 9.47 Å². The Kier molecular flexibility index (Phi) is 3.53. The smallest absolute Gasteiger partial charge is 0.343 e. The van der Waals surface area contributed by atoms with Crippen molar-refractivity contribution in [2.45, 2.75) is 51.0 Å². The third-order valence-electron chi connectivity index (χ3n) is 8.11. The minimum atomic E-state index is -1.02. The van der Waals surface area contributed by atoms with Crippen LogP contribution in [0, 0.1) is 11.3 Å². The number of esters is 1. The van der Waals surface area contributed by atoms with Crippen LogP contribution in [0.2, 0.25) is 0 Å². The number of fused-ring (bicyclic) bond motifs is 7. The van der Waals surface area contributed by atoms with Gasteiger partial charge in [0.2, 0.25) is 0 Å². The highest BCUT2D eigenvalue weighted by Gasteiger charge is 2.73. The number of hydrogen-bond donors (Lipinski definition) is 1. The Morgan fingerprint density at radius 3 is 2.45 bits per heavy atom. The summed E-state index contributed by atoms with van der Waals surface area (Å²) in [6.45, 7) is 6.87. The lowest BCUT2D eigenvalue weighted by Gasteiger charge is -2.48. The van der Waals surface area contributed by atoms with Crippen LogP contribution in [-0.2, 0) is 5.41 Å². The van der Waals surface area contributed by atoms with Crippen LogP contribution >= 0.6 is 0 Å². The average Bonchev–Trinajstić information content (AvgIpc) is 3.26. The van der Waals surface area contributed by atoms with E-state index in [-0.39, 0.29) is 22.0 Å². The van der Waals surface area contributed by atoms with Crippen LogP contribution in [0.4, 0.5) is 0 Å². The number of hydrogen-bond acceptors (Lipinski definition) is 4. The monoisotopic (exact) mass is 392 g/mol. The van der Waals surface area contributed by atoms with Gasteiger partial charge in [-0.05, 0) is 80.0 Å². The van der Waals surface area contributed by atoms with Crippen LogP contribution in [-0.4, -0.2) is 22.6 Å².